The van der Waals surface area contributed by atoms with Gasteiger partial charge in [-0.25, -0.2) is 4.89 Å². The van der Waals surface area contributed by atoms with Crippen molar-refractivity contribution in [1.82, 2.24) is 0 Å². The molecule has 0 bridgehead atoms. The standard InChI is InChI=1S/C12H16O3Si/c1-16(2,3)15-12-10-7-5-4-6-9(10)8-11(12)13-14-12/h4-7,11H,8H2,1-3H3/t11?,12-/m0/s1. The van der Waals surface area contributed by atoms with E-state index in [1.54, 1.807) is 0 Å². The average Bonchev–Trinajstić information content (AvgIpc) is 2.38. The fourth-order valence-electron chi connectivity index (χ4n) is 2.42. The van der Waals surface area contributed by atoms with Gasteiger partial charge in [-0.1, -0.05) is 24.3 Å². The summed E-state index contributed by atoms with van der Waals surface area (Å²) >= 11 is 0. The predicted molar refractivity (Wildman–Crippen MR) is 62.2 cm³/mol. The van der Waals surface area contributed by atoms with Crippen molar-refractivity contribution in [1.29, 1.82) is 0 Å². The van der Waals surface area contributed by atoms with Crippen LogP contribution in [0.15, 0.2) is 24.3 Å². The third-order valence-electron chi connectivity index (χ3n) is 2.97. The van der Waals surface area contributed by atoms with E-state index in [1.165, 1.54) is 5.56 Å². The van der Waals surface area contributed by atoms with Crippen LogP contribution in [-0.4, -0.2) is 14.4 Å². The Morgan fingerprint density at radius 1 is 1.31 bits per heavy atom. The maximum atomic E-state index is 6.20. The van der Waals surface area contributed by atoms with Crippen LogP contribution in [0.4, 0.5) is 0 Å². The number of rotatable bonds is 2. The lowest BCUT2D eigenvalue weighted by atomic mass is 10.1. The largest absolute Gasteiger partial charge is 0.383 e. The molecule has 1 aliphatic heterocycles. The second-order valence-electron chi connectivity index (χ2n) is 5.41. The molecule has 86 valence electrons. The Hall–Kier alpha value is -0.683. The van der Waals surface area contributed by atoms with Crippen LogP contribution in [0.3, 0.4) is 0 Å². The van der Waals surface area contributed by atoms with E-state index in [9.17, 15) is 0 Å². The van der Waals surface area contributed by atoms with E-state index in [4.69, 9.17) is 14.2 Å². The minimum atomic E-state index is -1.66. The van der Waals surface area contributed by atoms with E-state index in [0.717, 1.165) is 12.0 Å². The summed E-state index contributed by atoms with van der Waals surface area (Å²) < 4.78 is 6.20. The Kier molecular flexibility index (Phi) is 2.07. The minimum Gasteiger partial charge on any atom is -0.383 e. The molecule has 0 N–H and O–H groups in total. The van der Waals surface area contributed by atoms with Gasteiger partial charge in [0.2, 0.25) is 5.79 Å². The van der Waals surface area contributed by atoms with Gasteiger partial charge in [-0.2, -0.15) is 4.89 Å². The van der Waals surface area contributed by atoms with Crippen LogP contribution in [0.2, 0.25) is 19.6 Å². The lowest BCUT2D eigenvalue weighted by Gasteiger charge is -2.45. The molecule has 1 heterocycles. The molecular weight excluding hydrogens is 220 g/mol. The quantitative estimate of drug-likeness (QED) is 0.583. The molecule has 4 heteroatoms. The number of hydrogen-bond acceptors (Lipinski definition) is 3. The second kappa shape index (κ2) is 3.17. The molecule has 1 aliphatic carbocycles. The van der Waals surface area contributed by atoms with Gasteiger partial charge in [0.1, 0.15) is 0 Å². The van der Waals surface area contributed by atoms with Crippen LogP contribution < -0.4 is 0 Å². The summed E-state index contributed by atoms with van der Waals surface area (Å²) in [5.74, 6) is -0.610. The zero-order valence-electron chi connectivity index (χ0n) is 9.82. The number of benzene rings is 1. The molecule has 0 radical (unpaired) electrons. The number of hydrogen-bond donors (Lipinski definition) is 0. The maximum Gasteiger partial charge on any atom is 0.249 e. The molecule has 1 saturated heterocycles. The van der Waals surface area contributed by atoms with Gasteiger partial charge in [0.15, 0.2) is 14.4 Å². The van der Waals surface area contributed by atoms with E-state index < -0.39 is 14.1 Å². The maximum absolute atomic E-state index is 6.20. The third-order valence-corrected chi connectivity index (χ3v) is 3.88. The first-order valence-corrected chi connectivity index (χ1v) is 9.05. The molecule has 16 heavy (non-hydrogen) atoms. The van der Waals surface area contributed by atoms with Crippen LogP contribution in [0.1, 0.15) is 11.1 Å². The molecule has 1 unspecified atom stereocenters. The van der Waals surface area contributed by atoms with Crippen molar-refractivity contribution in [2.24, 2.45) is 0 Å². The molecule has 1 fully saturated rings. The topological polar surface area (TPSA) is 27.7 Å². The summed E-state index contributed by atoms with van der Waals surface area (Å²) in [7, 11) is -1.66. The van der Waals surface area contributed by atoms with E-state index >= 15 is 0 Å². The minimum absolute atomic E-state index is 0.0385. The highest BCUT2D eigenvalue weighted by Crippen LogP contribution is 2.50. The molecule has 0 saturated carbocycles. The Morgan fingerprint density at radius 2 is 2.06 bits per heavy atom. The molecule has 1 aromatic rings. The molecule has 0 spiro atoms. The lowest BCUT2D eigenvalue weighted by molar-refractivity contribution is -0.564. The monoisotopic (exact) mass is 236 g/mol. The van der Waals surface area contributed by atoms with Crippen LogP contribution in [-0.2, 0) is 26.4 Å². The molecular formula is C12H16O3Si. The van der Waals surface area contributed by atoms with Gasteiger partial charge in [0.05, 0.1) is 0 Å². The zero-order valence-corrected chi connectivity index (χ0v) is 10.8. The SMILES string of the molecule is C[Si](C)(C)O[C@]12OOC1Cc1ccccc12. The molecule has 2 atom stereocenters. The Morgan fingerprint density at radius 3 is 2.69 bits per heavy atom. The van der Waals surface area contributed by atoms with Crippen LogP contribution >= 0.6 is 0 Å². The molecule has 2 aliphatic rings. The van der Waals surface area contributed by atoms with Gasteiger partial charge in [-0.15, -0.1) is 0 Å². The van der Waals surface area contributed by atoms with Gasteiger partial charge in [0, 0.05) is 12.0 Å². The Labute approximate surface area is 96.4 Å². The van der Waals surface area contributed by atoms with E-state index in [-0.39, 0.29) is 6.10 Å². The summed E-state index contributed by atoms with van der Waals surface area (Å²) in [5, 5.41) is 0. The van der Waals surface area contributed by atoms with Crippen molar-refractivity contribution in [3.05, 3.63) is 35.4 Å². The first-order valence-electron chi connectivity index (χ1n) is 5.64. The number of fused-ring (bicyclic) bond motifs is 3. The second-order valence-corrected chi connectivity index (χ2v) is 9.84. The summed E-state index contributed by atoms with van der Waals surface area (Å²) in [5.41, 5.74) is 2.43. The highest BCUT2D eigenvalue weighted by molar-refractivity contribution is 6.69. The fraction of sp³-hybridized carbons (Fsp3) is 0.500. The molecule has 1 aromatic carbocycles. The summed E-state index contributed by atoms with van der Waals surface area (Å²) in [4.78, 5) is 10.5. The van der Waals surface area contributed by atoms with Crippen molar-refractivity contribution < 1.29 is 14.2 Å². The van der Waals surface area contributed by atoms with Crippen LogP contribution in [0.25, 0.3) is 0 Å². The van der Waals surface area contributed by atoms with Gasteiger partial charge in [-0.3, -0.25) is 0 Å². The first-order chi connectivity index (χ1) is 7.51. The van der Waals surface area contributed by atoms with E-state index in [0.29, 0.717) is 0 Å². The van der Waals surface area contributed by atoms with Gasteiger partial charge in [0.25, 0.3) is 0 Å². The van der Waals surface area contributed by atoms with Gasteiger partial charge >= 0.3 is 0 Å². The van der Waals surface area contributed by atoms with Crippen molar-refractivity contribution >= 4 is 8.32 Å². The third kappa shape index (κ3) is 1.38. The van der Waals surface area contributed by atoms with Crippen LogP contribution in [0, 0.1) is 0 Å². The summed E-state index contributed by atoms with van der Waals surface area (Å²) in [6, 6.07) is 8.28. The van der Waals surface area contributed by atoms with Crippen molar-refractivity contribution in [2.45, 2.75) is 38.0 Å². The van der Waals surface area contributed by atoms with E-state index in [2.05, 4.69) is 31.8 Å². The highest BCUT2D eigenvalue weighted by atomic mass is 28.4. The molecule has 0 amide bonds. The Bertz CT molecular complexity index is 427. The molecule has 0 aromatic heterocycles. The van der Waals surface area contributed by atoms with Gasteiger partial charge < -0.3 is 4.43 Å². The first kappa shape index (κ1) is 10.5. The smallest absolute Gasteiger partial charge is 0.249 e. The van der Waals surface area contributed by atoms with Crippen LogP contribution in [0.5, 0.6) is 0 Å². The van der Waals surface area contributed by atoms with Crippen molar-refractivity contribution in [3.8, 4) is 0 Å². The summed E-state index contributed by atoms with van der Waals surface area (Å²) in [6.07, 6.45) is 0.928. The predicted octanol–water partition coefficient (Wildman–Crippen LogP) is 2.58. The molecule has 3 nitrogen and oxygen atoms in total. The highest BCUT2D eigenvalue weighted by Gasteiger charge is 2.60. The Balaban J connectivity index is 2.01. The fourth-order valence-corrected chi connectivity index (χ4v) is 3.61. The van der Waals surface area contributed by atoms with Crippen molar-refractivity contribution in [2.75, 3.05) is 0 Å². The average molecular weight is 236 g/mol. The molecule has 3 rings (SSSR count). The summed E-state index contributed by atoms with van der Waals surface area (Å²) in [6.45, 7) is 6.50. The lowest BCUT2D eigenvalue weighted by Crippen LogP contribution is -2.56. The van der Waals surface area contributed by atoms with Gasteiger partial charge in [-0.05, 0) is 25.2 Å². The van der Waals surface area contributed by atoms with E-state index in [1.807, 2.05) is 12.1 Å². The van der Waals surface area contributed by atoms with Crippen molar-refractivity contribution in [3.63, 3.8) is 0 Å². The normalized spacial score (nSPS) is 31.8. The zero-order chi connectivity index (χ0) is 11.4.